The van der Waals surface area contributed by atoms with Gasteiger partial charge in [-0.15, -0.1) is 0 Å². The number of rotatable bonds is 5. The molecule has 3 atom stereocenters. The van der Waals surface area contributed by atoms with Gasteiger partial charge < -0.3 is 25.5 Å². The number of hydrogen-bond donors (Lipinski definition) is 5. The molecule has 0 amide bonds. The Bertz CT molecular complexity index is 147. The van der Waals surface area contributed by atoms with Gasteiger partial charge in [0.25, 0.3) is 0 Å². The van der Waals surface area contributed by atoms with E-state index in [0.717, 1.165) is 0 Å². The quantitative estimate of drug-likeness (QED) is 0.282. The number of carbonyl (C=O) groups excluding carboxylic acids is 1. The van der Waals surface area contributed by atoms with Crippen molar-refractivity contribution in [3.05, 3.63) is 0 Å². The molecule has 0 radical (unpaired) electrons. The van der Waals surface area contributed by atoms with Crippen LogP contribution < -0.4 is 0 Å². The lowest BCUT2D eigenvalue weighted by molar-refractivity contribution is -0.142. The Balaban J connectivity index is 4.08. The first kappa shape index (κ1) is 11.5. The highest BCUT2D eigenvalue weighted by Gasteiger charge is 2.28. The molecule has 6 heteroatoms. The smallest absolute Gasteiger partial charge is 0.189 e. The van der Waals surface area contributed by atoms with Crippen molar-refractivity contribution in [2.45, 2.75) is 18.3 Å². The van der Waals surface area contributed by atoms with Crippen molar-refractivity contribution in [1.29, 1.82) is 0 Å². The van der Waals surface area contributed by atoms with Gasteiger partial charge in [-0.25, -0.2) is 0 Å². The molecule has 0 aromatic carbocycles. The second-order valence-electron chi connectivity index (χ2n) is 2.31. The zero-order valence-corrected chi connectivity index (χ0v) is 6.29. The SMILES string of the molecule is O=C(CO)[C@@H](O)[13C@H](O)[C@@H](O)CO. The summed E-state index contributed by atoms with van der Waals surface area (Å²) >= 11 is 0. The number of hydrogen-bond acceptors (Lipinski definition) is 6. The van der Waals surface area contributed by atoms with Gasteiger partial charge in [0.2, 0.25) is 0 Å². The van der Waals surface area contributed by atoms with Gasteiger partial charge in [0.1, 0.15) is 24.9 Å². The molecule has 0 heterocycles. The Labute approximate surface area is 68.7 Å². The predicted octanol–water partition coefficient (Wildman–Crippen LogP) is -3.38. The highest BCUT2D eigenvalue weighted by molar-refractivity contribution is 5.84. The monoisotopic (exact) mass is 181 g/mol. The average molecular weight is 181 g/mol. The van der Waals surface area contributed by atoms with E-state index in [1.54, 1.807) is 0 Å². The summed E-state index contributed by atoms with van der Waals surface area (Å²) in [6, 6.07) is 0. The predicted molar refractivity (Wildman–Crippen MR) is 37.2 cm³/mol. The van der Waals surface area contributed by atoms with Crippen LogP contribution in [0.3, 0.4) is 0 Å². The van der Waals surface area contributed by atoms with Gasteiger partial charge in [0, 0.05) is 0 Å². The zero-order valence-electron chi connectivity index (χ0n) is 6.29. The standard InChI is InChI=1S/C6H12O6/c7-1-3(9)5(11)6(12)4(10)2-8/h3,5-9,11-12H,1-2H2/t3-,5+,6+/m0/s1/i5+1. The minimum atomic E-state index is -1.86. The van der Waals surface area contributed by atoms with Crippen LogP contribution in [0.2, 0.25) is 0 Å². The van der Waals surface area contributed by atoms with E-state index in [2.05, 4.69) is 0 Å². The summed E-state index contributed by atoms with van der Waals surface area (Å²) < 4.78 is 0. The minimum Gasteiger partial charge on any atom is -0.394 e. The van der Waals surface area contributed by atoms with Crippen molar-refractivity contribution in [1.82, 2.24) is 0 Å². The van der Waals surface area contributed by atoms with Crippen molar-refractivity contribution in [2.24, 2.45) is 0 Å². The third-order valence-corrected chi connectivity index (χ3v) is 1.39. The summed E-state index contributed by atoms with van der Waals surface area (Å²) in [7, 11) is 0. The molecule has 12 heavy (non-hydrogen) atoms. The van der Waals surface area contributed by atoms with Crippen LogP contribution in [0.25, 0.3) is 0 Å². The van der Waals surface area contributed by atoms with Crippen molar-refractivity contribution in [3.8, 4) is 0 Å². The molecular weight excluding hydrogens is 169 g/mol. The molecule has 0 aliphatic heterocycles. The molecule has 0 saturated heterocycles. The van der Waals surface area contributed by atoms with Crippen LogP contribution in [-0.2, 0) is 4.79 Å². The summed E-state index contributed by atoms with van der Waals surface area (Å²) in [5.41, 5.74) is 0. The van der Waals surface area contributed by atoms with E-state index in [1.807, 2.05) is 0 Å². The molecule has 0 fully saturated rings. The lowest BCUT2D eigenvalue weighted by atomic mass is 10.2. The lowest BCUT2D eigenvalue weighted by Gasteiger charge is -2.19. The average Bonchev–Trinajstić information content (AvgIpc) is 2.12. The van der Waals surface area contributed by atoms with Crippen LogP contribution in [0.1, 0.15) is 0 Å². The Kier molecular flexibility index (Phi) is 4.95. The fourth-order valence-electron chi connectivity index (χ4n) is 0.602. The maximum absolute atomic E-state index is 10.5. The highest BCUT2D eigenvalue weighted by Crippen LogP contribution is 2.00. The maximum Gasteiger partial charge on any atom is 0.189 e. The third kappa shape index (κ3) is 2.84. The van der Waals surface area contributed by atoms with Crippen molar-refractivity contribution in [3.63, 3.8) is 0 Å². The molecule has 0 rings (SSSR count). The number of Topliss-reactive ketones (excluding diaryl/α,β-unsaturated/α-hetero) is 1. The van der Waals surface area contributed by atoms with Gasteiger partial charge in [-0.05, 0) is 0 Å². The van der Waals surface area contributed by atoms with Gasteiger partial charge in [-0.2, -0.15) is 0 Å². The molecule has 0 unspecified atom stereocenters. The molecule has 0 aliphatic rings. The van der Waals surface area contributed by atoms with Gasteiger partial charge >= 0.3 is 0 Å². The van der Waals surface area contributed by atoms with E-state index < -0.39 is 37.3 Å². The number of ketones is 1. The molecule has 6 nitrogen and oxygen atoms in total. The first-order chi connectivity index (χ1) is 5.54. The van der Waals surface area contributed by atoms with Crippen molar-refractivity contribution < 1.29 is 30.3 Å². The fourth-order valence-corrected chi connectivity index (χ4v) is 0.602. The summed E-state index contributed by atoms with van der Waals surface area (Å²) in [5, 5.41) is 43.1. The molecule has 0 saturated carbocycles. The molecule has 72 valence electrons. The van der Waals surface area contributed by atoms with Crippen LogP contribution in [0.5, 0.6) is 0 Å². The van der Waals surface area contributed by atoms with Gasteiger partial charge in [0.15, 0.2) is 5.78 Å². The van der Waals surface area contributed by atoms with Crippen LogP contribution in [0, 0.1) is 0 Å². The van der Waals surface area contributed by atoms with Crippen molar-refractivity contribution >= 4 is 5.78 Å². The highest BCUT2D eigenvalue weighted by atomic mass is 16.4. The van der Waals surface area contributed by atoms with Gasteiger partial charge in [0.05, 0.1) is 6.61 Å². The summed E-state index contributed by atoms with van der Waals surface area (Å²) in [6.45, 7) is -1.69. The first-order valence-corrected chi connectivity index (χ1v) is 3.33. The number of carbonyl (C=O) groups is 1. The molecular formula is C6H12O6. The Morgan fingerprint density at radius 2 is 1.67 bits per heavy atom. The van der Waals surface area contributed by atoms with Crippen LogP contribution >= 0.6 is 0 Å². The summed E-state index contributed by atoms with van der Waals surface area (Å²) in [6.07, 6.45) is -5.22. The van der Waals surface area contributed by atoms with E-state index in [0.29, 0.717) is 0 Å². The fraction of sp³-hybridized carbons (Fsp3) is 0.833. The van der Waals surface area contributed by atoms with E-state index in [1.165, 1.54) is 0 Å². The second kappa shape index (κ2) is 5.18. The molecule has 0 spiro atoms. The molecule has 0 aromatic heterocycles. The molecule has 0 bridgehead atoms. The molecule has 0 aromatic rings. The number of aliphatic hydroxyl groups excluding tert-OH is 5. The Morgan fingerprint density at radius 1 is 1.17 bits per heavy atom. The zero-order chi connectivity index (χ0) is 9.72. The first-order valence-electron chi connectivity index (χ1n) is 3.33. The molecule has 5 N–H and O–H groups in total. The van der Waals surface area contributed by atoms with E-state index in [-0.39, 0.29) is 0 Å². The number of aliphatic hydroxyl groups is 5. The van der Waals surface area contributed by atoms with E-state index in [4.69, 9.17) is 25.5 Å². The Hall–Kier alpha value is -0.530. The topological polar surface area (TPSA) is 118 Å². The lowest BCUT2D eigenvalue weighted by Crippen LogP contribution is -2.44. The van der Waals surface area contributed by atoms with Crippen LogP contribution in [0.15, 0.2) is 0 Å². The third-order valence-electron chi connectivity index (χ3n) is 1.39. The normalized spacial score (nSPS) is 18.4. The summed E-state index contributed by atoms with van der Waals surface area (Å²) in [4.78, 5) is 10.5. The van der Waals surface area contributed by atoms with E-state index >= 15 is 0 Å². The van der Waals surface area contributed by atoms with E-state index in [9.17, 15) is 4.79 Å². The van der Waals surface area contributed by atoms with Crippen LogP contribution in [-0.4, -0.2) is 62.8 Å². The largest absolute Gasteiger partial charge is 0.394 e. The van der Waals surface area contributed by atoms with Crippen molar-refractivity contribution in [2.75, 3.05) is 13.2 Å². The second-order valence-corrected chi connectivity index (χ2v) is 2.31. The minimum absolute atomic E-state index is 0.767. The Morgan fingerprint density at radius 3 is 2.00 bits per heavy atom. The van der Waals surface area contributed by atoms with Gasteiger partial charge in [-0.1, -0.05) is 0 Å². The molecule has 0 aliphatic carbocycles. The van der Waals surface area contributed by atoms with Gasteiger partial charge in [-0.3, -0.25) is 4.79 Å². The van der Waals surface area contributed by atoms with Crippen LogP contribution in [0.4, 0.5) is 0 Å². The maximum atomic E-state index is 10.5. The summed E-state index contributed by atoms with van der Waals surface area (Å²) in [5.74, 6) is -1.00.